The third-order valence-corrected chi connectivity index (χ3v) is 3.72. The number of thiophene rings is 1. The molecule has 2 heterocycles. The normalized spacial score (nSPS) is 12.9. The Bertz CT molecular complexity index is 474. The maximum absolute atomic E-state index is 5.65. The van der Waals surface area contributed by atoms with E-state index in [0.717, 1.165) is 18.5 Å². The molecule has 0 saturated heterocycles. The molecule has 0 aliphatic rings. The van der Waals surface area contributed by atoms with Crippen LogP contribution in [0.5, 0.6) is 0 Å². The summed E-state index contributed by atoms with van der Waals surface area (Å²) in [5.41, 5.74) is 3.97. The minimum Gasteiger partial charge on any atom is -0.272 e. The lowest BCUT2D eigenvalue weighted by Crippen LogP contribution is -2.27. The van der Waals surface area contributed by atoms with E-state index in [9.17, 15) is 0 Å². The number of aromatic nitrogens is 2. The van der Waals surface area contributed by atoms with E-state index < -0.39 is 0 Å². The van der Waals surface area contributed by atoms with Gasteiger partial charge in [0.2, 0.25) is 0 Å². The molecule has 0 fully saturated rings. The number of nitrogens with one attached hydrogen (secondary N) is 1. The summed E-state index contributed by atoms with van der Waals surface area (Å²) in [6.07, 6.45) is 5.03. The van der Waals surface area contributed by atoms with Crippen LogP contribution < -0.4 is 11.3 Å². The molecule has 1 unspecified atom stereocenters. The number of hydrogen-bond donors (Lipinski definition) is 2. The van der Waals surface area contributed by atoms with Crippen LogP contribution in [-0.4, -0.2) is 9.78 Å². The van der Waals surface area contributed by atoms with Crippen molar-refractivity contribution >= 4 is 11.3 Å². The molecule has 1 atom stereocenters. The summed E-state index contributed by atoms with van der Waals surface area (Å²) < 4.78 is 1.96. The Morgan fingerprint density at radius 3 is 2.94 bits per heavy atom. The summed E-state index contributed by atoms with van der Waals surface area (Å²) in [5, 5.41) is 4.33. The quantitative estimate of drug-likeness (QED) is 0.632. The van der Waals surface area contributed by atoms with Gasteiger partial charge in [0, 0.05) is 28.1 Å². The second-order valence-corrected chi connectivity index (χ2v) is 5.40. The van der Waals surface area contributed by atoms with Gasteiger partial charge in [-0.25, -0.2) is 5.43 Å². The van der Waals surface area contributed by atoms with Crippen molar-refractivity contribution in [2.75, 3.05) is 0 Å². The first kappa shape index (κ1) is 12.3. The highest BCUT2D eigenvalue weighted by Gasteiger charge is 2.15. The molecule has 0 saturated carbocycles. The summed E-state index contributed by atoms with van der Waals surface area (Å²) in [6.45, 7) is 5.19. The highest BCUT2D eigenvalue weighted by molar-refractivity contribution is 7.12. The van der Waals surface area contributed by atoms with Crippen molar-refractivity contribution in [3.8, 4) is 0 Å². The van der Waals surface area contributed by atoms with Gasteiger partial charge in [-0.05, 0) is 25.5 Å². The molecule has 0 spiro atoms. The molecule has 5 heteroatoms. The van der Waals surface area contributed by atoms with E-state index in [2.05, 4.69) is 42.7 Å². The van der Waals surface area contributed by atoms with Crippen LogP contribution in [0.15, 0.2) is 24.5 Å². The van der Waals surface area contributed by atoms with Crippen molar-refractivity contribution in [3.05, 3.63) is 39.8 Å². The molecule has 92 valence electrons. The Hall–Kier alpha value is -1.17. The van der Waals surface area contributed by atoms with E-state index in [1.165, 1.54) is 9.75 Å². The molecule has 0 aliphatic heterocycles. The number of nitrogens with zero attached hydrogens (tertiary/aromatic N) is 2. The van der Waals surface area contributed by atoms with E-state index in [4.69, 9.17) is 5.84 Å². The van der Waals surface area contributed by atoms with Crippen LogP contribution in [0.1, 0.15) is 34.7 Å². The molecule has 2 aromatic heterocycles. The van der Waals surface area contributed by atoms with E-state index in [1.54, 1.807) is 11.3 Å². The van der Waals surface area contributed by atoms with Crippen molar-refractivity contribution in [3.63, 3.8) is 0 Å². The lowest BCUT2D eigenvalue weighted by atomic mass is 10.1. The fraction of sp³-hybridized carbons (Fsp3) is 0.417. The van der Waals surface area contributed by atoms with Crippen molar-refractivity contribution < 1.29 is 0 Å². The van der Waals surface area contributed by atoms with E-state index >= 15 is 0 Å². The van der Waals surface area contributed by atoms with Crippen molar-refractivity contribution in [2.45, 2.75) is 32.9 Å². The lowest BCUT2D eigenvalue weighted by molar-refractivity contribution is 0.598. The van der Waals surface area contributed by atoms with Gasteiger partial charge in [-0.2, -0.15) is 5.10 Å². The van der Waals surface area contributed by atoms with Gasteiger partial charge in [0.05, 0.1) is 12.2 Å². The van der Waals surface area contributed by atoms with Gasteiger partial charge in [0.15, 0.2) is 0 Å². The van der Waals surface area contributed by atoms with Crippen molar-refractivity contribution in [1.82, 2.24) is 15.2 Å². The topological polar surface area (TPSA) is 55.9 Å². The zero-order valence-corrected chi connectivity index (χ0v) is 11.0. The first-order chi connectivity index (χ1) is 8.24. The second-order valence-electron chi connectivity index (χ2n) is 4.08. The van der Waals surface area contributed by atoms with Crippen LogP contribution in [0.4, 0.5) is 0 Å². The summed E-state index contributed by atoms with van der Waals surface area (Å²) in [5.74, 6) is 5.65. The summed E-state index contributed by atoms with van der Waals surface area (Å²) in [6, 6.07) is 4.27. The number of nitrogens with two attached hydrogens (primary N) is 1. The highest BCUT2D eigenvalue weighted by Crippen LogP contribution is 2.27. The molecule has 3 N–H and O–H groups in total. The molecule has 0 aliphatic carbocycles. The first-order valence-electron chi connectivity index (χ1n) is 5.79. The van der Waals surface area contributed by atoms with Crippen LogP contribution in [0.25, 0.3) is 0 Å². The minimum atomic E-state index is 0.0410. The van der Waals surface area contributed by atoms with Crippen LogP contribution in [0.3, 0.4) is 0 Å². The zero-order chi connectivity index (χ0) is 12.3. The lowest BCUT2D eigenvalue weighted by Gasteiger charge is -2.11. The molecule has 0 amide bonds. The Labute approximate surface area is 105 Å². The van der Waals surface area contributed by atoms with Gasteiger partial charge < -0.3 is 0 Å². The standard InChI is InChI=1S/C12H18N4S/c1-3-6-16-8-10(7-14-16)12(15-13)11-5-4-9(2)17-11/h4-5,7-8,12,15H,3,6,13H2,1-2H3. The highest BCUT2D eigenvalue weighted by atomic mass is 32.1. The largest absolute Gasteiger partial charge is 0.272 e. The molecular weight excluding hydrogens is 232 g/mol. The van der Waals surface area contributed by atoms with Gasteiger partial charge in [-0.1, -0.05) is 6.92 Å². The van der Waals surface area contributed by atoms with Gasteiger partial charge in [-0.15, -0.1) is 11.3 Å². The fourth-order valence-electron chi connectivity index (χ4n) is 1.83. The molecule has 17 heavy (non-hydrogen) atoms. The minimum absolute atomic E-state index is 0.0410. The predicted molar refractivity (Wildman–Crippen MR) is 70.7 cm³/mol. The number of aryl methyl sites for hydroxylation is 2. The molecular formula is C12H18N4S. The third-order valence-electron chi connectivity index (χ3n) is 2.65. The predicted octanol–water partition coefficient (Wildman–Crippen LogP) is 2.22. The van der Waals surface area contributed by atoms with Crippen molar-refractivity contribution in [2.24, 2.45) is 5.84 Å². The fourth-order valence-corrected chi connectivity index (χ4v) is 2.80. The maximum Gasteiger partial charge on any atom is 0.0833 e. The summed E-state index contributed by atoms with van der Waals surface area (Å²) in [4.78, 5) is 2.52. The van der Waals surface area contributed by atoms with Gasteiger partial charge in [0.25, 0.3) is 0 Å². The molecule has 0 aromatic carbocycles. The van der Waals surface area contributed by atoms with Gasteiger partial charge >= 0.3 is 0 Å². The van der Waals surface area contributed by atoms with Gasteiger partial charge in [-0.3, -0.25) is 10.5 Å². The molecule has 2 aromatic rings. The molecule has 0 radical (unpaired) electrons. The average molecular weight is 250 g/mol. The Morgan fingerprint density at radius 1 is 1.53 bits per heavy atom. The van der Waals surface area contributed by atoms with Crippen LogP contribution in [0, 0.1) is 6.92 Å². The maximum atomic E-state index is 5.65. The second kappa shape index (κ2) is 5.44. The zero-order valence-electron chi connectivity index (χ0n) is 10.2. The van der Waals surface area contributed by atoms with Gasteiger partial charge in [0.1, 0.15) is 0 Å². The first-order valence-corrected chi connectivity index (χ1v) is 6.61. The summed E-state index contributed by atoms with van der Waals surface area (Å²) in [7, 11) is 0. The number of rotatable bonds is 5. The summed E-state index contributed by atoms with van der Waals surface area (Å²) >= 11 is 1.76. The Kier molecular flexibility index (Phi) is 3.93. The monoisotopic (exact) mass is 250 g/mol. The molecule has 0 bridgehead atoms. The van der Waals surface area contributed by atoms with Crippen LogP contribution in [0.2, 0.25) is 0 Å². The van der Waals surface area contributed by atoms with E-state index in [0.29, 0.717) is 0 Å². The molecule has 2 rings (SSSR count). The average Bonchev–Trinajstić information content (AvgIpc) is 2.91. The van der Waals surface area contributed by atoms with E-state index in [-0.39, 0.29) is 6.04 Å². The SMILES string of the molecule is CCCn1cc(C(NN)c2ccc(C)s2)cn1. The van der Waals surface area contributed by atoms with E-state index in [1.807, 2.05) is 10.9 Å². The number of hydrazine groups is 1. The third kappa shape index (κ3) is 2.74. The smallest absolute Gasteiger partial charge is 0.0833 e. The van der Waals surface area contributed by atoms with Crippen LogP contribution >= 0.6 is 11.3 Å². The van der Waals surface area contributed by atoms with Crippen molar-refractivity contribution in [1.29, 1.82) is 0 Å². The van der Waals surface area contributed by atoms with Crippen LogP contribution in [-0.2, 0) is 6.54 Å². The Morgan fingerprint density at radius 2 is 2.35 bits per heavy atom. The Balaban J connectivity index is 2.22. The number of hydrogen-bond acceptors (Lipinski definition) is 4. The molecule has 4 nitrogen and oxygen atoms in total.